The summed E-state index contributed by atoms with van der Waals surface area (Å²) in [5.41, 5.74) is 0.0380. The lowest BCUT2D eigenvalue weighted by atomic mass is 9.94. The first kappa shape index (κ1) is 14.6. The maximum Gasteiger partial charge on any atom is 0.308 e. The number of benzene rings is 1. The predicted octanol–water partition coefficient (Wildman–Crippen LogP) is 3.32. The summed E-state index contributed by atoms with van der Waals surface area (Å²) < 4.78 is 4.81. The smallest absolute Gasteiger partial charge is 0.308 e. The number of hydrogen-bond acceptors (Lipinski definition) is 2. The van der Waals surface area contributed by atoms with Crippen molar-refractivity contribution in [2.75, 3.05) is 7.11 Å². The predicted molar refractivity (Wildman–Crippen MR) is 81.2 cm³/mol. The third-order valence-electron chi connectivity index (χ3n) is 3.49. The van der Waals surface area contributed by atoms with Crippen molar-refractivity contribution in [3.05, 3.63) is 42.5 Å². The normalized spacial score (nSPS) is 23.1. The van der Waals surface area contributed by atoms with Crippen LogP contribution in [0, 0.1) is 5.92 Å². The minimum absolute atomic E-state index is 0.0380. The van der Waals surface area contributed by atoms with Crippen molar-refractivity contribution in [3.63, 3.8) is 0 Å². The van der Waals surface area contributed by atoms with Gasteiger partial charge in [0, 0.05) is 5.54 Å². The summed E-state index contributed by atoms with van der Waals surface area (Å²) in [6.45, 7) is -2.63. The van der Waals surface area contributed by atoms with Crippen molar-refractivity contribution in [2.24, 2.45) is 5.92 Å². The van der Waals surface area contributed by atoms with Crippen LogP contribution >= 0.6 is 22.2 Å². The molecule has 2 nitrogen and oxygen atoms in total. The Balaban J connectivity index is 2.19. The summed E-state index contributed by atoms with van der Waals surface area (Å²) >= 11 is 13.3. The largest absolute Gasteiger partial charge is 0.469 e. The molecular formula is C14H16Cl2O2Si. The highest BCUT2D eigenvalue weighted by Crippen LogP contribution is 2.40. The zero-order valence-electron chi connectivity index (χ0n) is 10.7. The molecule has 0 saturated carbocycles. The zero-order valence-corrected chi connectivity index (χ0v) is 13.2. The highest BCUT2D eigenvalue weighted by Gasteiger charge is 2.42. The van der Waals surface area contributed by atoms with Gasteiger partial charge in [0.25, 0.3) is 6.69 Å². The SMILES string of the molecule is COC(=O)[C@H]1CC=C[C@H]([Si](Cl)(Cl)c2ccccc2)C1. The molecule has 0 aliphatic heterocycles. The van der Waals surface area contributed by atoms with Crippen LogP contribution in [-0.2, 0) is 9.53 Å². The van der Waals surface area contributed by atoms with Crippen molar-refractivity contribution >= 4 is 40.0 Å². The van der Waals surface area contributed by atoms with E-state index >= 15 is 0 Å². The molecule has 102 valence electrons. The molecule has 0 spiro atoms. The van der Waals surface area contributed by atoms with Gasteiger partial charge in [-0.1, -0.05) is 42.5 Å². The summed E-state index contributed by atoms with van der Waals surface area (Å²) in [6, 6.07) is 9.73. The van der Waals surface area contributed by atoms with E-state index in [9.17, 15) is 4.79 Å². The van der Waals surface area contributed by atoms with Crippen LogP contribution in [0.5, 0.6) is 0 Å². The highest BCUT2D eigenvalue weighted by molar-refractivity contribution is 7.51. The van der Waals surface area contributed by atoms with E-state index in [1.54, 1.807) is 0 Å². The molecule has 0 radical (unpaired) electrons. The zero-order chi connectivity index (χ0) is 13.9. The van der Waals surface area contributed by atoms with E-state index in [4.69, 9.17) is 26.9 Å². The number of allylic oxidation sites excluding steroid dienone is 2. The van der Waals surface area contributed by atoms with Crippen LogP contribution in [0.4, 0.5) is 0 Å². The topological polar surface area (TPSA) is 26.3 Å². The van der Waals surface area contributed by atoms with Gasteiger partial charge in [-0.15, -0.1) is 22.2 Å². The molecule has 1 aliphatic rings. The van der Waals surface area contributed by atoms with Crippen molar-refractivity contribution < 1.29 is 9.53 Å². The molecule has 0 N–H and O–H groups in total. The van der Waals surface area contributed by atoms with Gasteiger partial charge in [-0.25, -0.2) is 0 Å². The number of ether oxygens (including phenoxy) is 1. The number of rotatable bonds is 3. The van der Waals surface area contributed by atoms with Gasteiger partial charge in [-0.05, 0) is 18.0 Å². The summed E-state index contributed by atoms with van der Waals surface area (Å²) in [5, 5.41) is 0.985. The van der Waals surface area contributed by atoms with Crippen LogP contribution in [0.15, 0.2) is 42.5 Å². The molecule has 0 aromatic heterocycles. The second-order valence-corrected chi connectivity index (χ2v) is 11.4. The summed E-state index contributed by atoms with van der Waals surface area (Å²) in [7, 11) is 1.42. The first-order chi connectivity index (χ1) is 9.05. The van der Waals surface area contributed by atoms with E-state index in [1.807, 2.05) is 36.4 Å². The van der Waals surface area contributed by atoms with Gasteiger partial charge in [0.2, 0.25) is 0 Å². The summed E-state index contributed by atoms with van der Waals surface area (Å²) in [5.74, 6) is -0.311. The second kappa shape index (κ2) is 6.12. The fourth-order valence-corrected chi connectivity index (χ4v) is 6.14. The fourth-order valence-electron chi connectivity index (χ4n) is 2.39. The lowest BCUT2D eigenvalue weighted by Gasteiger charge is -2.30. The Morgan fingerprint density at radius 1 is 1.32 bits per heavy atom. The second-order valence-electron chi connectivity index (χ2n) is 4.72. The molecule has 0 unspecified atom stereocenters. The third-order valence-corrected chi connectivity index (χ3v) is 8.94. The Morgan fingerprint density at radius 3 is 2.63 bits per heavy atom. The summed E-state index contributed by atoms with van der Waals surface area (Å²) in [6.07, 6.45) is 5.41. The van der Waals surface area contributed by atoms with Crippen molar-refractivity contribution in [1.29, 1.82) is 0 Å². The number of methoxy groups -OCH3 is 1. The Morgan fingerprint density at radius 2 is 2.00 bits per heavy atom. The van der Waals surface area contributed by atoms with Crippen LogP contribution in [0.25, 0.3) is 0 Å². The average Bonchev–Trinajstić information content (AvgIpc) is 2.47. The van der Waals surface area contributed by atoms with Crippen molar-refractivity contribution in [1.82, 2.24) is 0 Å². The van der Waals surface area contributed by atoms with E-state index < -0.39 is 6.69 Å². The molecule has 1 aliphatic carbocycles. The number of carbonyl (C=O) groups excluding carboxylic acids is 1. The molecule has 0 heterocycles. The molecule has 0 amide bonds. The van der Waals surface area contributed by atoms with Gasteiger partial charge in [0.1, 0.15) is 0 Å². The number of halogens is 2. The molecule has 2 rings (SSSR count). The number of esters is 1. The fraction of sp³-hybridized carbons (Fsp3) is 0.357. The minimum Gasteiger partial charge on any atom is -0.469 e. The molecule has 1 aromatic carbocycles. The van der Waals surface area contributed by atoms with E-state index in [2.05, 4.69) is 6.08 Å². The van der Waals surface area contributed by atoms with Gasteiger partial charge < -0.3 is 4.74 Å². The van der Waals surface area contributed by atoms with Crippen LogP contribution in [-0.4, -0.2) is 19.8 Å². The lowest BCUT2D eigenvalue weighted by Crippen LogP contribution is -2.42. The quantitative estimate of drug-likeness (QED) is 0.370. The average molecular weight is 315 g/mol. The maximum absolute atomic E-state index is 11.6. The van der Waals surface area contributed by atoms with Gasteiger partial charge in [0.15, 0.2) is 0 Å². The molecule has 19 heavy (non-hydrogen) atoms. The highest BCUT2D eigenvalue weighted by atomic mass is 35.7. The van der Waals surface area contributed by atoms with Crippen LogP contribution in [0.1, 0.15) is 12.8 Å². The number of hydrogen-bond donors (Lipinski definition) is 0. The first-order valence-corrected chi connectivity index (χ1v) is 10.3. The number of carbonyl (C=O) groups is 1. The monoisotopic (exact) mass is 314 g/mol. The van der Waals surface area contributed by atoms with E-state index in [-0.39, 0.29) is 17.4 Å². The van der Waals surface area contributed by atoms with E-state index in [1.165, 1.54) is 7.11 Å². The molecular weight excluding hydrogens is 299 g/mol. The van der Waals surface area contributed by atoms with Gasteiger partial charge in [-0.3, -0.25) is 4.79 Å². The molecule has 0 fully saturated rings. The molecule has 1 aromatic rings. The Kier molecular flexibility index (Phi) is 4.71. The van der Waals surface area contributed by atoms with E-state index in [0.717, 1.165) is 5.19 Å². The van der Waals surface area contributed by atoms with Gasteiger partial charge in [0.05, 0.1) is 13.0 Å². The van der Waals surface area contributed by atoms with E-state index in [0.29, 0.717) is 12.8 Å². The van der Waals surface area contributed by atoms with Crippen molar-refractivity contribution in [2.45, 2.75) is 18.4 Å². The maximum atomic E-state index is 11.6. The van der Waals surface area contributed by atoms with Crippen LogP contribution in [0.3, 0.4) is 0 Å². The Hall–Kier alpha value is -0.773. The van der Waals surface area contributed by atoms with Gasteiger partial charge in [-0.2, -0.15) is 0 Å². The molecule has 5 heteroatoms. The van der Waals surface area contributed by atoms with Gasteiger partial charge >= 0.3 is 5.97 Å². The Labute approximate surface area is 123 Å². The molecule has 0 saturated heterocycles. The third kappa shape index (κ3) is 3.22. The van der Waals surface area contributed by atoms with Crippen molar-refractivity contribution in [3.8, 4) is 0 Å². The first-order valence-electron chi connectivity index (χ1n) is 6.23. The lowest BCUT2D eigenvalue weighted by molar-refractivity contribution is -0.145. The molecule has 2 atom stereocenters. The summed E-state index contributed by atoms with van der Waals surface area (Å²) in [4.78, 5) is 11.6. The minimum atomic E-state index is -2.63. The van der Waals surface area contributed by atoms with Crippen LogP contribution in [0.2, 0.25) is 5.54 Å². The standard InChI is InChI=1S/C14H16Cl2O2Si/c1-18-14(17)11-6-5-9-13(10-11)19(15,16)12-7-3-2-4-8-12/h2-5,7-9,11,13H,6,10H2,1H3/t11-,13-/m0/s1. The Bertz CT molecular complexity index is 474. The van der Waals surface area contributed by atoms with Crippen LogP contribution < -0.4 is 5.19 Å². The molecule has 0 bridgehead atoms.